The van der Waals surface area contributed by atoms with Crippen molar-refractivity contribution in [3.63, 3.8) is 0 Å². The lowest BCUT2D eigenvalue weighted by Gasteiger charge is -2.08. The van der Waals surface area contributed by atoms with Crippen LogP contribution in [0.3, 0.4) is 0 Å². The number of methoxy groups -OCH3 is 1. The summed E-state index contributed by atoms with van der Waals surface area (Å²) in [5.74, 6) is 1.63. The van der Waals surface area contributed by atoms with Gasteiger partial charge in [0, 0.05) is 11.6 Å². The standard InChI is InChI=1S/C15H13N3O2S/c1-20-13-4-2-3-11(9-13)18-14(16-17-15(18)21)10-5-7-12(19)8-6-10/h2-9,19H,1H3,(H,17,21). The lowest BCUT2D eigenvalue weighted by Crippen LogP contribution is -1.98. The van der Waals surface area contributed by atoms with Gasteiger partial charge in [0.05, 0.1) is 12.8 Å². The number of aromatic nitrogens is 3. The van der Waals surface area contributed by atoms with E-state index in [1.807, 2.05) is 28.8 Å². The molecule has 3 aromatic rings. The Hall–Kier alpha value is -2.60. The molecular weight excluding hydrogens is 286 g/mol. The molecule has 0 atom stereocenters. The zero-order chi connectivity index (χ0) is 14.8. The topological polar surface area (TPSA) is 63.1 Å². The summed E-state index contributed by atoms with van der Waals surface area (Å²) in [7, 11) is 1.62. The zero-order valence-electron chi connectivity index (χ0n) is 11.3. The number of phenolic OH excluding ortho intramolecular Hbond substituents is 1. The van der Waals surface area contributed by atoms with Crippen LogP contribution < -0.4 is 4.74 Å². The number of nitrogens with zero attached hydrogens (tertiary/aromatic N) is 2. The normalized spacial score (nSPS) is 10.5. The molecule has 6 heteroatoms. The number of hydrogen-bond acceptors (Lipinski definition) is 4. The Balaban J connectivity index is 2.17. The first kappa shape index (κ1) is 13.4. The minimum Gasteiger partial charge on any atom is -0.508 e. The summed E-state index contributed by atoms with van der Waals surface area (Å²) in [5, 5.41) is 16.5. The Morgan fingerprint density at radius 1 is 1.19 bits per heavy atom. The molecule has 21 heavy (non-hydrogen) atoms. The third kappa shape index (κ3) is 2.53. The monoisotopic (exact) mass is 299 g/mol. The average molecular weight is 299 g/mol. The van der Waals surface area contributed by atoms with Crippen LogP contribution in [0.25, 0.3) is 17.1 Å². The second-order valence-electron chi connectivity index (χ2n) is 4.44. The summed E-state index contributed by atoms with van der Waals surface area (Å²) in [6, 6.07) is 14.4. The first-order valence-electron chi connectivity index (χ1n) is 6.30. The lowest BCUT2D eigenvalue weighted by atomic mass is 10.2. The molecule has 2 aromatic carbocycles. The van der Waals surface area contributed by atoms with Crippen LogP contribution in [0, 0.1) is 4.77 Å². The van der Waals surface area contributed by atoms with E-state index in [1.54, 1.807) is 31.4 Å². The number of aromatic amines is 1. The SMILES string of the molecule is COc1cccc(-n2c(-c3ccc(O)cc3)n[nH]c2=S)c1. The van der Waals surface area contributed by atoms with Crippen molar-refractivity contribution >= 4 is 12.2 Å². The van der Waals surface area contributed by atoms with Gasteiger partial charge in [-0.25, -0.2) is 0 Å². The second kappa shape index (κ2) is 5.41. The summed E-state index contributed by atoms with van der Waals surface area (Å²) in [6.45, 7) is 0. The van der Waals surface area contributed by atoms with E-state index in [2.05, 4.69) is 10.2 Å². The van der Waals surface area contributed by atoms with Gasteiger partial charge in [0.2, 0.25) is 0 Å². The highest BCUT2D eigenvalue weighted by atomic mass is 32.1. The van der Waals surface area contributed by atoms with Gasteiger partial charge in [-0.15, -0.1) is 0 Å². The number of rotatable bonds is 3. The fourth-order valence-corrected chi connectivity index (χ4v) is 2.33. The molecule has 0 amide bonds. The van der Waals surface area contributed by atoms with Gasteiger partial charge < -0.3 is 9.84 Å². The van der Waals surface area contributed by atoms with Crippen LogP contribution in [0.4, 0.5) is 0 Å². The van der Waals surface area contributed by atoms with E-state index in [-0.39, 0.29) is 5.75 Å². The van der Waals surface area contributed by atoms with E-state index in [0.29, 0.717) is 10.6 Å². The largest absolute Gasteiger partial charge is 0.508 e. The summed E-state index contributed by atoms with van der Waals surface area (Å²) < 4.78 is 7.56. The average Bonchev–Trinajstić information content (AvgIpc) is 2.90. The van der Waals surface area contributed by atoms with Crippen LogP contribution in [0.2, 0.25) is 0 Å². The molecule has 5 nitrogen and oxygen atoms in total. The maximum Gasteiger partial charge on any atom is 0.200 e. The Bertz CT molecular complexity index is 821. The fraction of sp³-hybridized carbons (Fsp3) is 0.0667. The molecule has 0 fully saturated rings. The molecule has 106 valence electrons. The summed E-state index contributed by atoms with van der Waals surface area (Å²) in [6.07, 6.45) is 0. The predicted molar refractivity (Wildman–Crippen MR) is 82.4 cm³/mol. The third-order valence-electron chi connectivity index (χ3n) is 3.11. The first-order chi connectivity index (χ1) is 10.2. The summed E-state index contributed by atoms with van der Waals surface area (Å²) >= 11 is 5.31. The number of ether oxygens (including phenoxy) is 1. The van der Waals surface area contributed by atoms with Gasteiger partial charge in [-0.05, 0) is 48.6 Å². The molecule has 0 unspecified atom stereocenters. The quantitative estimate of drug-likeness (QED) is 0.728. The zero-order valence-corrected chi connectivity index (χ0v) is 12.1. The van der Waals surface area contributed by atoms with Crippen molar-refractivity contribution < 1.29 is 9.84 Å². The van der Waals surface area contributed by atoms with Crippen molar-refractivity contribution in [1.82, 2.24) is 14.8 Å². The Kier molecular flexibility index (Phi) is 3.45. The molecule has 0 saturated carbocycles. The number of phenols is 1. The molecule has 3 rings (SSSR count). The number of hydrogen-bond donors (Lipinski definition) is 2. The molecule has 0 saturated heterocycles. The molecule has 0 radical (unpaired) electrons. The van der Waals surface area contributed by atoms with Crippen molar-refractivity contribution in [1.29, 1.82) is 0 Å². The Morgan fingerprint density at radius 3 is 2.67 bits per heavy atom. The molecule has 1 heterocycles. The van der Waals surface area contributed by atoms with Crippen molar-refractivity contribution in [2.24, 2.45) is 0 Å². The molecule has 0 spiro atoms. The van der Waals surface area contributed by atoms with Gasteiger partial charge in [-0.2, -0.15) is 5.10 Å². The number of H-pyrrole nitrogens is 1. The predicted octanol–water partition coefficient (Wildman–Crippen LogP) is 3.31. The molecule has 0 bridgehead atoms. The van der Waals surface area contributed by atoms with E-state index in [4.69, 9.17) is 17.0 Å². The number of aromatic hydroxyl groups is 1. The van der Waals surface area contributed by atoms with E-state index >= 15 is 0 Å². The van der Waals surface area contributed by atoms with Gasteiger partial charge >= 0.3 is 0 Å². The highest BCUT2D eigenvalue weighted by Gasteiger charge is 2.11. The highest BCUT2D eigenvalue weighted by Crippen LogP contribution is 2.25. The second-order valence-corrected chi connectivity index (χ2v) is 4.82. The van der Waals surface area contributed by atoms with Gasteiger partial charge in [-0.3, -0.25) is 9.67 Å². The maximum absolute atomic E-state index is 9.39. The first-order valence-corrected chi connectivity index (χ1v) is 6.71. The van der Waals surface area contributed by atoms with Crippen molar-refractivity contribution in [3.05, 3.63) is 53.3 Å². The van der Waals surface area contributed by atoms with E-state index in [0.717, 1.165) is 17.0 Å². The third-order valence-corrected chi connectivity index (χ3v) is 3.38. The lowest BCUT2D eigenvalue weighted by molar-refractivity contribution is 0.414. The van der Waals surface area contributed by atoms with Gasteiger partial charge in [0.15, 0.2) is 10.6 Å². The fourth-order valence-electron chi connectivity index (χ4n) is 2.09. The van der Waals surface area contributed by atoms with Gasteiger partial charge in [0.25, 0.3) is 0 Å². The van der Waals surface area contributed by atoms with Crippen LogP contribution >= 0.6 is 12.2 Å². The van der Waals surface area contributed by atoms with Crippen LogP contribution in [-0.2, 0) is 0 Å². The molecule has 2 N–H and O–H groups in total. The Morgan fingerprint density at radius 2 is 1.95 bits per heavy atom. The number of benzene rings is 2. The van der Waals surface area contributed by atoms with Crippen molar-refractivity contribution in [3.8, 4) is 28.6 Å². The van der Waals surface area contributed by atoms with E-state index in [9.17, 15) is 5.11 Å². The van der Waals surface area contributed by atoms with Crippen molar-refractivity contribution in [2.45, 2.75) is 0 Å². The van der Waals surface area contributed by atoms with Gasteiger partial charge in [0.1, 0.15) is 11.5 Å². The van der Waals surface area contributed by atoms with Crippen molar-refractivity contribution in [2.75, 3.05) is 7.11 Å². The summed E-state index contributed by atoms with van der Waals surface area (Å²) in [4.78, 5) is 0. The smallest absolute Gasteiger partial charge is 0.200 e. The summed E-state index contributed by atoms with van der Waals surface area (Å²) in [5.41, 5.74) is 1.71. The van der Waals surface area contributed by atoms with E-state index in [1.165, 1.54) is 0 Å². The van der Waals surface area contributed by atoms with Crippen LogP contribution in [0.15, 0.2) is 48.5 Å². The molecule has 0 aliphatic rings. The molecule has 0 aliphatic heterocycles. The Labute approximate surface area is 126 Å². The van der Waals surface area contributed by atoms with E-state index < -0.39 is 0 Å². The maximum atomic E-state index is 9.39. The van der Waals surface area contributed by atoms with Crippen LogP contribution in [0.1, 0.15) is 0 Å². The molecular formula is C15H13N3O2S. The molecule has 1 aromatic heterocycles. The number of nitrogens with one attached hydrogen (secondary N) is 1. The highest BCUT2D eigenvalue weighted by molar-refractivity contribution is 7.71. The molecule has 0 aliphatic carbocycles. The van der Waals surface area contributed by atoms with Crippen LogP contribution in [-0.4, -0.2) is 27.0 Å². The van der Waals surface area contributed by atoms with Gasteiger partial charge in [-0.1, -0.05) is 6.07 Å². The van der Waals surface area contributed by atoms with Crippen LogP contribution in [0.5, 0.6) is 11.5 Å². The minimum atomic E-state index is 0.209. The minimum absolute atomic E-state index is 0.209.